The molecule has 3 rings (SSSR count). The largest absolute Gasteiger partial charge is 0.368 e. The van der Waals surface area contributed by atoms with E-state index in [1.54, 1.807) is 29.5 Å². The van der Waals surface area contributed by atoms with Gasteiger partial charge in [-0.05, 0) is 12.8 Å². The standard InChI is InChI=1S/C17H24N4O2S/c1-20(17(13-18)5-3-2-4-6-17)15(22)12-21-8-9-23-14(11-21)16-19-7-10-24-16/h7,10,14H,2-6,8-9,11-12H2,1H3/t14-/m1/s1. The van der Waals surface area contributed by atoms with Gasteiger partial charge in [-0.1, -0.05) is 19.3 Å². The van der Waals surface area contributed by atoms with Gasteiger partial charge in [0.05, 0.1) is 19.2 Å². The van der Waals surface area contributed by atoms with Gasteiger partial charge in [0.25, 0.3) is 0 Å². The number of thiazole rings is 1. The summed E-state index contributed by atoms with van der Waals surface area (Å²) in [5.74, 6) is 0.0261. The fourth-order valence-electron chi connectivity index (χ4n) is 3.58. The Hall–Kier alpha value is -1.49. The van der Waals surface area contributed by atoms with Crippen molar-refractivity contribution in [2.45, 2.75) is 43.7 Å². The van der Waals surface area contributed by atoms with Gasteiger partial charge in [-0.3, -0.25) is 9.69 Å². The molecule has 1 saturated heterocycles. The third-order valence-electron chi connectivity index (χ3n) is 5.14. The monoisotopic (exact) mass is 348 g/mol. The molecule has 6 nitrogen and oxygen atoms in total. The van der Waals surface area contributed by atoms with Crippen molar-refractivity contribution >= 4 is 17.2 Å². The van der Waals surface area contributed by atoms with E-state index in [1.807, 2.05) is 5.38 Å². The van der Waals surface area contributed by atoms with Gasteiger partial charge in [-0.25, -0.2) is 4.98 Å². The summed E-state index contributed by atoms with van der Waals surface area (Å²) in [6.07, 6.45) is 6.50. The molecule has 0 spiro atoms. The zero-order valence-electron chi connectivity index (χ0n) is 14.1. The highest BCUT2D eigenvalue weighted by Gasteiger charge is 2.39. The molecule has 0 aromatic carbocycles. The van der Waals surface area contributed by atoms with Gasteiger partial charge in [0, 0.05) is 31.7 Å². The van der Waals surface area contributed by atoms with Crippen LogP contribution in [0.4, 0.5) is 0 Å². The van der Waals surface area contributed by atoms with E-state index in [0.29, 0.717) is 19.7 Å². The number of carbonyl (C=O) groups is 1. The summed E-state index contributed by atoms with van der Waals surface area (Å²) < 4.78 is 5.78. The molecule has 1 amide bonds. The average molecular weight is 348 g/mol. The quantitative estimate of drug-likeness (QED) is 0.834. The maximum absolute atomic E-state index is 12.7. The molecule has 2 fully saturated rings. The molecule has 1 aromatic heterocycles. The van der Waals surface area contributed by atoms with Gasteiger partial charge < -0.3 is 9.64 Å². The molecule has 1 saturated carbocycles. The number of morpholine rings is 1. The Morgan fingerprint density at radius 3 is 3.00 bits per heavy atom. The van der Waals surface area contributed by atoms with Crippen LogP contribution in [0.15, 0.2) is 11.6 Å². The predicted molar refractivity (Wildman–Crippen MR) is 91.4 cm³/mol. The summed E-state index contributed by atoms with van der Waals surface area (Å²) in [6, 6.07) is 2.42. The second kappa shape index (κ2) is 7.60. The zero-order chi connectivity index (χ0) is 17.0. The van der Waals surface area contributed by atoms with Crippen LogP contribution in [0.3, 0.4) is 0 Å². The van der Waals surface area contributed by atoms with Crippen molar-refractivity contribution < 1.29 is 9.53 Å². The lowest BCUT2D eigenvalue weighted by atomic mass is 9.81. The first-order valence-corrected chi connectivity index (χ1v) is 9.44. The lowest BCUT2D eigenvalue weighted by Gasteiger charge is -2.40. The lowest BCUT2D eigenvalue weighted by molar-refractivity contribution is -0.138. The predicted octanol–water partition coefficient (Wildman–Crippen LogP) is 2.20. The minimum Gasteiger partial charge on any atom is -0.368 e. The first kappa shape index (κ1) is 17.3. The minimum absolute atomic E-state index is 0.0261. The van der Waals surface area contributed by atoms with E-state index >= 15 is 0 Å². The van der Waals surface area contributed by atoms with Crippen molar-refractivity contribution in [2.24, 2.45) is 0 Å². The first-order chi connectivity index (χ1) is 11.6. The molecule has 1 aromatic rings. The summed E-state index contributed by atoms with van der Waals surface area (Å²) in [5.41, 5.74) is -0.615. The topological polar surface area (TPSA) is 69.5 Å². The molecule has 0 N–H and O–H groups in total. The Balaban J connectivity index is 1.60. The molecule has 2 aliphatic rings. The molecule has 130 valence electrons. The van der Waals surface area contributed by atoms with Gasteiger partial charge in [0.2, 0.25) is 5.91 Å². The molecule has 0 radical (unpaired) electrons. The summed E-state index contributed by atoms with van der Waals surface area (Å²) in [6.45, 7) is 2.35. The van der Waals surface area contributed by atoms with E-state index in [0.717, 1.165) is 43.7 Å². The summed E-state index contributed by atoms with van der Waals surface area (Å²) in [4.78, 5) is 20.9. The number of amides is 1. The fourth-order valence-corrected chi connectivity index (χ4v) is 4.26. The molecule has 24 heavy (non-hydrogen) atoms. The van der Waals surface area contributed by atoms with Crippen LogP contribution in [0.25, 0.3) is 0 Å². The highest BCUT2D eigenvalue weighted by Crippen LogP contribution is 2.32. The highest BCUT2D eigenvalue weighted by atomic mass is 32.1. The average Bonchev–Trinajstić information content (AvgIpc) is 3.16. The van der Waals surface area contributed by atoms with E-state index in [9.17, 15) is 10.1 Å². The molecule has 1 aliphatic carbocycles. The smallest absolute Gasteiger partial charge is 0.237 e. The fraction of sp³-hybridized carbons (Fsp3) is 0.706. The third kappa shape index (κ3) is 3.61. The van der Waals surface area contributed by atoms with E-state index in [4.69, 9.17) is 4.74 Å². The number of aromatic nitrogens is 1. The molecule has 7 heteroatoms. The molecular weight excluding hydrogens is 324 g/mol. The maximum atomic E-state index is 12.7. The van der Waals surface area contributed by atoms with Gasteiger partial charge >= 0.3 is 0 Å². The number of nitrogens with zero attached hydrogens (tertiary/aromatic N) is 4. The van der Waals surface area contributed by atoms with Gasteiger partial charge in [0.1, 0.15) is 16.7 Å². The Bertz CT molecular complexity index is 592. The van der Waals surface area contributed by atoms with Crippen LogP contribution in [-0.4, -0.2) is 59.5 Å². The van der Waals surface area contributed by atoms with Gasteiger partial charge in [-0.15, -0.1) is 11.3 Å². The molecular formula is C17H24N4O2S. The number of rotatable bonds is 4. The van der Waals surface area contributed by atoms with Crippen LogP contribution >= 0.6 is 11.3 Å². The van der Waals surface area contributed by atoms with E-state index in [2.05, 4.69) is 16.0 Å². The van der Waals surface area contributed by atoms with E-state index in [1.165, 1.54) is 0 Å². The van der Waals surface area contributed by atoms with Crippen molar-refractivity contribution in [3.05, 3.63) is 16.6 Å². The van der Waals surface area contributed by atoms with Crippen molar-refractivity contribution in [1.82, 2.24) is 14.8 Å². The number of carbonyl (C=O) groups excluding carboxylic acids is 1. The normalized spacial score (nSPS) is 24.2. The number of ether oxygens (including phenoxy) is 1. The van der Waals surface area contributed by atoms with Crippen LogP contribution in [0.5, 0.6) is 0 Å². The lowest BCUT2D eigenvalue weighted by Crippen LogP contribution is -2.53. The minimum atomic E-state index is -0.615. The Morgan fingerprint density at radius 1 is 1.54 bits per heavy atom. The summed E-state index contributed by atoms with van der Waals surface area (Å²) in [7, 11) is 1.79. The van der Waals surface area contributed by atoms with Crippen LogP contribution < -0.4 is 0 Å². The molecule has 0 unspecified atom stereocenters. The first-order valence-electron chi connectivity index (χ1n) is 8.56. The third-order valence-corrected chi connectivity index (χ3v) is 6.01. The Morgan fingerprint density at radius 2 is 2.33 bits per heavy atom. The molecule has 1 aliphatic heterocycles. The zero-order valence-corrected chi connectivity index (χ0v) is 14.9. The van der Waals surface area contributed by atoms with Crippen molar-refractivity contribution in [2.75, 3.05) is 33.3 Å². The van der Waals surface area contributed by atoms with Crippen LogP contribution in [0, 0.1) is 11.3 Å². The second-order valence-electron chi connectivity index (χ2n) is 6.62. The Labute approximate surface area is 147 Å². The van der Waals surface area contributed by atoms with Gasteiger partial charge in [-0.2, -0.15) is 5.26 Å². The summed E-state index contributed by atoms with van der Waals surface area (Å²) in [5, 5.41) is 12.5. The maximum Gasteiger partial charge on any atom is 0.237 e. The number of hydrogen-bond acceptors (Lipinski definition) is 6. The van der Waals surface area contributed by atoms with Crippen LogP contribution in [0.2, 0.25) is 0 Å². The Kier molecular flexibility index (Phi) is 5.49. The van der Waals surface area contributed by atoms with E-state index in [-0.39, 0.29) is 12.0 Å². The molecule has 1 atom stereocenters. The number of likely N-dealkylation sites (N-methyl/N-ethyl adjacent to an activating group) is 1. The van der Waals surface area contributed by atoms with Crippen molar-refractivity contribution in [1.29, 1.82) is 5.26 Å². The van der Waals surface area contributed by atoms with Crippen molar-refractivity contribution in [3.8, 4) is 6.07 Å². The van der Waals surface area contributed by atoms with Gasteiger partial charge in [0.15, 0.2) is 0 Å². The molecule has 0 bridgehead atoms. The van der Waals surface area contributed by atoms with Crippen molar-refractivity contribution in [3.63, 3.8) is 0 Å². The SMILES string of the molecule is CN(C(=O)CN1CCO[C@@H](c2nccs2)C1)C1(C#N)CCCCC1. The van der Waals surface area contributed by atoms with Crippen LogP contribution in [0.1, 0.15) is 43.2 Å². The van der Waals surface area contributed by atoms with E-state index < -0.39 is 5.54 Å². The molecule has 2 heterocycles. The number of hydrogen-bond donors (Lipinski definition) is 0. The van der Waals surface area contributed by atoms with Crippen LogP contribution in [-0.2, 0) is 9.53 Å². The highest BCUT2D eigenvalue weighted by molar-refractivity contribution is 7.09. The number of nitriles is 1. The summed E-state index contributed by atoms with van der Waals surface area (Å²) >= 11 is 1.58. The second-order valence-corrected chi connectivity index (χ2v) is 7.55.